The van der Waals surface area contributed by atoms with E-state index in [0.717, 1.165) is 16.6 Å². The van der Waals surface area contributed by atoms with Gasteiger partial charge in [-0.2, -0.15) is 0 Å². The summed E-state index contributed by atoms with van der Waals surface area (Å²) in [5, 5.41) is 1.63. The number of furan rings is 1. The lowest BCUT2D eigenvalue weighted by Crippen LogP contribution is -2.53. The molecule has 2 aromatic carbocycles. The summed E-state index contributed by atoms with van der Waals surface area (Å²) in [4.78, 5) is 34.9. The van der Waals surface area contributed by atoms with Crippen molar-refractivity contribution in [1.29, 1.82) is 0 Å². The SMILES string of the molecule is COC(c1cc(Cl)c2c(c1Cl)C(=O)N(Cc1c(OCc3ccccc3)nc(C)c3ccoc13)CC2)C1CN(C(=O)OC(C)(C)C)C1. The Bertz CT molecular complexity index is 1780. The first-order chi connectivity index (χ1) is 21.9. The average Bonchev–Trinajstić information content (AvgIpc) is 3.48. The normalized spacial score (nSPS) is 15.9. The molecule has 0 radical (unpaired) electrons. The second kappa shape index (κ2) is 12.8. The van der Waals surface area contributed by atoms with Crippen molar-refractivity contribution in [1.82, 2.24) is 14.8 Å². The van der Waals surface area contributed by atoms with Crippen molar-refractivity contribution in [3.63, 3.8) is 0 Å². The number of likely N-dealkylation sites (tertiary alicyclic amines) is 1. The van der Waals surface area contributed by atoms with Crippen LogP contribution in [0.4, 0.5) is 4.79 Å². The maximum absolute atomic E-state index is 14.2. The van der Waals surface area contributed by atoms with E-state index in [-0.39, 0.29) is 24.5 Å². The summed E-state index contributed by atoms with van der Waals surface area (Å²) in [6.07, 6.45) is 1.30. The molecule has 1 fully saturated rings. The number of aryl methyl sites for hydroxylation is 1. The number of halogens is 2. The monoisotopic (exact) mass is 665 g/mol. The number of hydrogen-bond donors (Lipinski definition) is 0. The zero-order valence-electron chi connectivity index (χ0n) is 26.6. The highest BCUT2D eigenvalue weighted by molar-refractivity contribution is 6.37. The van der Waals surface area contributed by atoms with Crippen molar-refractivity contribution in [2.75, 3.05) is 26.7 Å². The molecule has 1 atom stereocenters. The molecule has 4 heterocycles. The molecule has 4 aromatic rings. The van der Waals surface area contributed by atoms with E-state index in [1.165, 1.54) is 0 Å². The number of carbonyl (C=O) groups excluding carboxylic acids is 2. The Hall–Kier alpha value is -3.79. The third-order valence-electron chi connectivity index (χ3n) is 8.45. The van der Waals surface area contributed by atoms with E-state index in [1.807, 2.05) is 64.1 Å². The van der Waals surface area contributed by atoms with Crippen molar-refractivity contribution in [2.24, 2.45) is 5.92 Å². The summed E-state index contributed by atoms with van der Waals surface area (Å²) >= 11 is 13.8. The van der Waals surface area contributed by atoms with Gasteiger partial charge in [0.2, 0.25) is 5.88 Å². The summed E-state index contributed by atoms with van der Waals surface area (Å²) in [6.45, 7) is 9.23. The first kappa shape index (κ1) is 32.2. The highest BCUT2D eigenvalue weighted by Gasteiger charge is 2.41. The lowest BCUT2D eigenvalue weighted by atomic mass is 9.86. The van der Waals surface area contributed by atoms with Crippen LogP contribution in [0.5, 0.6) is 5.88 Å². The Morgan fingerprint density at radius 1 is 1.15 bits per heavy atom. The number of hydrogen-bond acceptors (Lipinski definition) is 7. The zero-order valence-corrected chi connectivity index (χ0v) is 28.1. The van der Waals surface area contributed by atoms with E-state index in [9.17, 15) is 9.59 Å². The Kier molecular flexibility index (Phi) is 8.93. The Balaban J connectivity index is 1.27. The second-order valence-corrected chi connectivity index (χ2v) is 13.6. The van der Waals surface area contributed by atoms with E-state index in [0.29, 0.717) is 76.4 Å². The van der Waals surface area contributed by atoms with Crippen LogP contribution < -0.4 is 4.74 Å². The topological polar surface area (TPSA) is 94.3 Å². The lowest BCUT2D eigenvalue weighted by molar-refractivity contribution is -0.0447. The number of ether oxygens (including phenoxy) is 3. The van der Waals surface area contributed by atoms with Crippen LogP contribution in [0.3, 0.4) is 0 Å². The van der Waals surface area contributed by atoms with Crippen molar-refractivity contribution >= 4 is 46.2 Å². The molecular weight excluding hydrogens is 629 g/mol. The number of amides is 2. The fraction of sp³-hybridized carbons (Fsp3) is 0.400. The molecule has 242 valence electrons. The summed E-state index contributed by atoms with van der Waals surface area (Å²) in [5.74, 6) is 0.122. The average molecular weight is 667 g/mol. The van der Waals surface area contributed by atoms with Crippen molar-refractivity contribution in [3.05, 3.63) is 92.3 Å². The van der Waals surface area contributed by atoms with Crippen LogP contribution in [-0.2, 0) is 29.0 Å². The molecule has 1 unspecified atom stereocenters. The smallest absolute Gasteiger partial charge is 0.410 e. The lowest BCUT2D eigenvalue weighted by Gasteiger charge is -2.43. The van der Waals surface area contributed by atoms with Gasteiger partial charge in [0.1, 0.15) is 17.8 Å². The van der Waals surface area contributed by atoms with Gasteiger partial charge in [-0.15, -0.1) is 0 Å². The number of pyridine rings is 1. The van der Waals surface area contributed by atoms with Gasteiger partial charge in [-0.05, 0) is 57.4 Å². The molecule has 2 aromatic heterocycles. The highest BCUT2D eigenvalue weighted by Crippen LogP contribution is 2.43. The summed E-state index contributed by atoms with van der Waals surface area (Å²) < 4.78 is 23.5. The molecule has 11 heteroatoms. The number of methoxy groups -OCH3 is 1. The zero-order chi connectivity index (χ0) is 32.7. The molecular formula is C35H37Cl2N3O6. The predicted molar refractivity (Wildman–Crippen MR) is 175 cm³/mol. The number of fused-ring (bicyclic) bond motifs is 2. The standard InChI is InChI=1S/C35H37Cl2N3O6/c1-20-23-12-14-44-31(23)26(32(38-20)45-19-21-9-7-6-8-10-21)18-39-13-11-24-27(36)15-25(29(37)28(24)33(39)41)30(43-5)22-16-40(17-22)34(42)46-35(2,3)4/h6-10,12,14-15,22,30H,11,13,16-19H2,1-5H3. The van der Waals surface area contributed by atoms with Crippen LogP contribution >= 0.6 is 23.2 Å². The minimum atomic E-state index is -0.587. The number of benzene rings is 2. The van der Waals surface area contributed by atoms with Crippen LogP contribution in [0.2, 0.25) is 10.0 Å². The van der Waals surface area contributed by atoms with Gasteiger partial charge in [-0.1, -0.05) is 53.5 Å². The third-order valence-corrected chi connectivity index (χ3v) is 9.20. The molecule has 1 saturated heterocycles. The van der Waals surface area contributed by atoms with E-state index >= 15 is 0 Å². The van der Waals surface area contributed by atoms with Gasteiger partial charge in [0, 0.05) is 48.6 Å². The summed E-state index contributed by atoms with van der Waals surface area (Å²) in [6, 6.07) is 13.5. The van der Waals surface area contributed by atoms with Crippen molar-refractivity contribution in [2.45, 2.75) is 59.0 Å². The van der Waals surface area contributed by atoms with E-state index in [1.54, 1.807) is 29.2 Å². The molecule has 46 heavy (non-hydrogen) atoms. The molecule has 2 aliphatic rings. The number of carbonyl (C=O) groups is 2. The maximum atomic E-state index is 14.2. The molecule has 0 spiro atoms. The van der Waals surface area contributed by atoms with Gasteiger partial charge in [-0.3, -0.25) is 4.79 Å². The molecule has 0 saturated carbocycles. The quantitative estimate of drug-likeness (QED) is 0.190. The summed E-state index contributed by atoms with van der Waals surface area (Å²) in [7, 11) is 1.59. The number of rotatable bonds is 8. The molecule has 0 N–H and O–H groups in total. The van der Waals surface area contributed by atoms with E-state index in [2.05, 4.69) is 0 Å². The fourth-order valence-electron chi connectivity index (χ4n) is 6.15. The fourth-order valence-corrected chi connectivity index (χ4v) is 6.81. The largest absolute Gasteiger partial charge is 0.472 e. The first-order valence-corrected chi connectivity index (χ1v) is 16.0. The van der Waals surface area contributed by atoms with E-state index < -0.39 is 11.7 Å². The number of aromatic nitrogens is 1. The predicted octanol–water partition coefficient (Wildman–Crippen LogP) is 7.77. The van der Waals surface area contributed by atoms with Gasteiger partial charge < -0.3 is 28.4 Å². The minimum absolute atomic E-state index is 0.0471. The molecule has 0 bridgehead atoms. The molecule has 2 amide bonds. The van der Waals surface area contributed by atoms with Crippen LogP contribution in [0.1, 0.15) is 65.2 Å². The van der Waals surface area contributed by atoms with Crippen molar-refractivity contribution in [3.8, 4) is 5.88 Å². The molecule has 9 nitrogen and oxygen atoms in total. The van der Waals surface area contributed by atoms with Gasteiger partial charge >= 0.3 is 6.09 Å². The Morgan fingerprint density at radius 3 is 2.59 bits per heavy atom. The Morgan fingerprint density at radius 2 is 1.89 bits per heavy atom. The molecule has 6 rings (SSSR count). The summed E-state index contributed by atoms with van der Waals surface area (Å²) in [5.41, 5.74) is 4.19. The minimum Gasteiger partial charge on any atom is -0.472 e. The van der Waals surface area contributed by atoms with Crippen LogP contribution in [0.25, 0.3) is 11.0 Å². The van der Waals surface area contributed by atoms with Gasteiger partial charge in [0.15, 0.2) is 0 Å². The maximum Gasteiger partial charge on any atom is 0.410 e. The van der Waals surface area contributed by atoms with Crippen molar-refractivity contribution < 1.29 is 28.2 Å². The Labute approximate surface area is 278 Å². The van der Waals surface area contributed by atoms with Gasteiger partial charge in [-0.25, -0.2) is 9.78 Å². The third kappa shape index (κ3) is 6.28. The number of nitrogens with zero attached hydrogens (tertiary/aromatic N) is 3. The second-order valence-electron chi connectivity index (χ2n) is 12.8. The van der Waals surface area contributed by atoms with Crippen LogP contribution in [0, 0.1) is 12.8 Å². The van der Waals surface area contributed by atoms with Gasteiger partial charge in [0.25, 0.3) is 5.91 Å². The van der Waals surface area contributed by atoms with Crippen LogP contribution in [-0.4, -0.2) is 59.1 Å². The van der Waals surface area contributed by atoms with Gasteiger partial charge in [0.05, 0.1) is 40.8 Å². The highest BCUT2D eigenvalue weighted by atomic mass is 35.5. The molecule has 0 aliphatic carbocycles. The van der Waals surface area contributed by atoms with Crippen LogP contribution in [0.15, 0.2) is 53.1 Å². The van der Waals surface area contributed by atoms with E-state index in [4.69, 9.17) is 46.8 Å². The first-order valence-electron chi connectivity index (χ1n) is 15.3. The molecule has 2 aliphatic heterocycles.